The molecule has 8 heterocycles. The molecule has 0 unspecified atom stereocenters. The number of aliphatic hydroxyl groups is 3. The van der Waals surface area contributed by atoms with E-state index in [1.165, 1.54) is 48.3 Å². The van der Waals surface area contributed by atoms with E-state index in [2.05, 4.69) is 57.9 Å². The van der Waals surface area contributed by atoms with E-state index in [1.54, 1.807) is 67.7 Å². The summed E-state index contributed by atoms with van der Waals surface area (Å²) in [4.78, 5) is 91.5. The van der Waals surface area contributed by atoms with Crippen molar-refractivity contribution in [1.29, 1.82) is 0 Å². The van der Waals surface area contributed by atoms with E-state index in [0.717, 1.165) is 116 Å². The number of nitrogens with zero attached hydrogens (tertiary/aromatic N) is 4. The number of rotatable bonds is 11. The lowest BCUT2D eigenvalue weighted by atomic mass is 9.49. The maximum Gasteiger partial charge on any atom is 0.356 e. The standard InChI is InChI=1S/C24H27NO4.C23H25NO5.C18H21NO3.C10H11NO4.C6H8O2.C4H8O.CH2Cl2/c1-4-5-6-7-19(26)28-17-10-11-24(27)18-14-16-9-8-15(2)21-20(16)23(24,22(17)29-21)12-13-25(18)3;1-3-4-5-6-18(26)28-16-9-10-23(27)17-13-14-7-8-15(25)20-19(14)22(23,21(16)29-20)11-12-24(17)2;1-10-3-4-11-9-13-18(21)6-5-12(20)16-17(18,7-8-19(13)2)14(11)15(10)22-16;1-2-3-4-5-10(14)15-11-8(12)6-7-9(11)13;1-2-3-4-5-6(7)8;1-2-4-5-3-1;2-1-3/h4-10,18,22,27H,11-14H2,1-3H3;3-9,17,21,25,27H,10-13H2,1-2H3;3-4,13,16,21H,5-9H2,1-2H3;2-5H,6-7H2,1H3;2-5H,1H3,(H,7,8);1-4H2;1H2/b5-4+,7-6+;4-3+,6-5+;;2*3-2+,5-4+;;/t18-,22+,23+,24-;17-,21+,22+,23-;13-,16+,17+,18-;;;;/m111..../s1. The predicted octanol–water partition coefficient (Wildman–Crippen LogP) is 10.8. The molecule has 3 aromatic rings. The fourth-order valence-corrected chi connectivity index (χ4v) is 19.3. The number of carbonyl (C=O) groups is 7. The Morgan fingerprint density at radius 1 is 0.514 bits per heavy atom. The number of carbonyl (C=O) groups excluding carboxylic acids is 6. The number of ketones is 1. The first-order chi connectivity index (χ1) is 53.2. The molecule has 594 valence electrons. The molecule has 5 N–H and O–H groups in total. The van der Waals surface area contributed by atoms with E-state index >= 15 is 0 Å². The number of carboxylic acid groups (broad SMARTS) is 1. The zero-order chi connectivity index (χ0) is 80.0. The molecular weight excluding hydrogens is 1460 g/mol. The average Bonchev–Trinajstić information content (AvgIpc) is 1.57. The summed E-state index contributed by atoms with van der Waals surface area (Å²) in [5.74, 6) is -0.201. The van der Waals surface area contributed by atoms with E-state index in [9.17, 15) is 54.0 Å². The number of Topliss-reactive ketones (excluding diaryl/α,β-unsaturated/α-hetero) is 1. The highest BCUT2D eigenvalue weighted by Crippen LogP contribution is 2.68. The van der Waals surface area contributed by atoms with Gasteiger partial charge in [0.05, 0.1) is 38.4 Å². The smallest absolute Gasteiger partial charge is 0.356 e. The van der Waals surface area contributed by atoms with Crippen molar-refractivity contribution in [1.82, 2.24) is 19.8 Å². The molecule has 6 bridgehead atoms. The number of likely N-dealkylation sites (N-methyl/N-ethyl adjacent to an activating group) is 3. The summed E-state index contributed by atoms with van der Waals surface area (Å²) in [6.07, 6.45) is 36.4. The number of piperidine rings is 3. The second-order valence-electron chi connectivity index (χ2n) is 30.2. The summed E-state index contributed by atoms with van der Waals surface area (Å²) in [7, 11) is 6.22. The summed E-state index contributed by atoms with van der Waals surface area (Å²) >= 11 is 9.53. The number of benzene rings is 3. The Morgan fingerprint density at radius 2 is 0.892 bits per heavy atom. The first-order valence-electron chi connectivity index (χ1n) is 38.1. The normalized spacial score (nSPS) is 30.9. The number of allylic oxidation sites excluding steroid dienone is 12. The molecule has 0 radical (unpaired) electrons. The zero-order valence-corrected chi connectivity index (χ0v) is 66.0. The van der Waals surface area contributed by atoms with Gasteiger partial charge in [0.15, 0.2) is 35.6 Å². The summed E-state index contributed by atoms with van der Waals surface area (Å²) in [6, 6.07) is 12.2. The third-order valence-electron chi connectivity index (χ3n) is 24.3. The van der Waals surface area contributed by atoms with Gasteiger partial charge in [-0.3, -0.25) is 14.4 Å². The fourth-order valence-electron chi connectivity index (χ4n) is 19.3. The summed E-state index contributed by atoms with van der Waals surface area (Å²) in [6.45, 7) is 16.0. The molecule has 6 fully saturated rings. The van der Waals surface area contributed by atoms with E-state index in [4.69, 9.17) is 56.7 Å². The summed E-state index contributed by atoms with van der Waals surface area (Å²) in [5.41, 5.74) is 4.26. The minimum atomic E-state index is -1.05. The first-order valence-corrected chi connectivity index (χ1v) is 39.2. The molecule has 17 rings (SSSR count). The lowest BCUT2D eigenvalue weighted by Gasteiger charge is -2.62. The molecule has 8 aliphatic heterocycles. The van der Waals surface area contributed by atoms with E-state index in [0.29, 0.717) is 60.9 Å². The number of hydrogen-bond donors (Lipinski definition) is 5. The predicted molar refractivity (Wildman–Crippen MR) is 417 cm³/mol. The number of hydroxylamine groups is 2. The third-order valence-corrected chi connectivity index (χ3v) is 24.3. The third kappa shape index (κ3) is 15.1. The molecule has 111 heavy (non-hydrogen) atoms. The Hall–Kier alpha value is -8.75. The maximum atomic E-state index is 12.6. The number of phenols is 1. The number of aromatic hydroxyl groups is 1. The number of aryl methyl sites for hydroxylation is 2. The van der Waals surface area contributed by atoms with Crippen molar-refractivity contribution >= 4 is 64.7 Å². The van der Waals surface area contributed by atoms with Gasteiger partial charge in [-0.15, -0.1) is 28.3 Å². The van der Waals surface area contributed by atoms with Gasteiger partial charge in [-0.25, -0.2) is 19.2 Å². The molecule has 6 aliphatic carbocycles. The number of hydrogen-bond acceptors (Lipinski definition) is 21. The van der Waals surface area contributed by atoms with Crippen molar-refractivity contribution < 1.29 is 92.4 Å². The van der Waals surface area contributed by atoms with Crippen LogP contribution in [0.2, 0.25) is 0 Å². The summed E-state index contributed by atoms with van der Waals surface area (Å²) in [5, 5.41) is 55.0. The highest BCUT2D eigenvalue weighted by atomic mass is 35.5. The molecule has 1 saturated carbocycles. The first kappa shape index (κ1) is 83.2. The second kappa shape index (κ2) is 34.7. The number of ether oxygens (including phenoxy) is 6. The number of halogens is 2. The molecule has 5 saturated heterocycles. The largest absolute Gasteiger partial charge is 0.504 e. The Morgan fingerprint density at radius 3 is 1.31 bits per heavy atom. The van der Waals surface area contributed by atoms with Gasteiger partial charge in [0.25, 0.3) is 11.8 Å². The van der Waals surface area contributed by atoms with Crippen LogP contribution in [0.5, 0.6) is 23.0 Å². The van der Waals surface area contributed by atoms with Crippen molar-refractivity contribution in [2.24, 2.45) is 0 Å². The maximum absolute atomic E-state index is 12.6. The van der Waals surface area contributed by atoms with Gasteiger partial charge in [-0.05, 0) is 186 Å². The van der Waals surface area contributed by atoms with Crippen LogP contribution in [0, 0.1) is 13.8 Å². The van der Waals surface area contributed by atoms with Crippen LogP contribution in [0.4, 0.5) is 0 Å². The van der Waals surface area contributed by atoms with Crippen LogP contribution in [0.15, 0.2) is 157 Å². The molecule has 3 aromatic carbocycles. The molecular formula is C86H102Cl2N4O19. The number of phenolic OH excluding ortho intramolecular Hbond substituents is 1. The molecule has 14 aliphatic rings. The summed E-state index contributed by atoms with van der Waals surface area (Å²) < 4.78 is 35.3. The molecule has 3 spiro atoms. The van der Waals surface area contributed by atoms with Crippen molar-refractivity contribution in [2.75, 3.05) is 59.3 Å². The lowest BCUT2D eigenvalue weighted by Crippen LogP contribution is -2.76. The highest BCUT2D eigenvalue weighted by Gasteiger charge is 2.75. The van der Waals surface area contributed by atoms with E-state index in [1.807, 2.05) is 66.0 Å². The Balaban J connectivity index is 0.000000140. The van der Waals surface area contributed by atoms with Gasteiger partial charge >= 0.3 is 23.9 Å². The second-order valence-corrected chi connectivity index (χ2v) is 31.0. The minimum Gasteiger partial charge on any atom is -0.504 e. The van der Waals surface area contributed by atoms with Gasteiger partial charge in [0, 0.05) is 104 Å². The number of esters is 2. The average molecular weight is 1570 g/mol. The lowest BCUT2D eigenvalue weighted by molar-refractivity contribution is -0.193. The monoisotopic (exact) mass is 1560 g/mol. The van der Waals surface area contributed by atoms with Crippen LogP contribution in [-0.2, 0) is 88.1 Å². The SMILES string of the molecule is C/C=C/C=C/C(=O)O.C/C=C/C=C/C(=O)OC1=CC[C@@]2(O)[C@H]3Cc4ccc(C)c5c4[C@@]2(CCN3C)[C@H]1O5.C/C=C/C=C/C(=O)OC1=CC[C@@]2(O)[C@H]3Cc4ccc(O)c5c4[C@@]2(CCN3C)[C@H]1O5.C/C=C/C=C/C(=O)ON1C(=O)CCC1=O.C1CCOC1.Cc1ccc2c3c1O[C@H]1C(=O)CC[C@@]4(O)[C@@H](C2)N(C)CC[C@]314.ClCCl. The zero-order valence-electron chi connectivity index (χ0n) is 64.5. The molecule has 0 aromatic heterocycles. The molecule has 12 atom stereocenters. The highest BCUT2D eigenvalue weighted by molar-refractivity contribution is 6.40. The Kier molecular flexibility index (Phi) is 26.0. The van der Waals surface area contributed by atoms with Crippen LogP contribution < -0.4 is 14.2 Å². The Bertz CT molecular complexity index is 4240. The van der Waals surface area contributed by atoms with Crippen LogP contribution >= 0.6 is 23.2 Å². The van der Waals surface area contributed by atoms with Gasteiger partial charge in [0.2, 0.25) is 0 Å². The number of aliphatic carboxylic acids is 1. The quantitative estimate of drug-likeness (QED) is 0.0392. The van der Waals surface area contributed by atoms with Gasteiger partial charge in [0.1, 0.15) is 23.0 Å². The van der Waals surface area contributed by atoms with Crippen LogP contribution in [0.3, 0.4) is 0 Å². The molecule has 23 nitrogen and oxygen atoms in total. The number of amides is 2. The van der Waals surface area contributed by atoms with Crippen LogP contribution in [0.1, 0.15) is 143 Å². The van der Waals surface area contributed by atoms with Gasteiger partial charge in [-0.2, -0.15) is 0 Å². The number of carboxylic acids is 1. The number of alkyl halides is 2. The van der Waals surface area contributed by atoms with Gasteiger partial charge in [-0.1, -0.05) is 103 Å². The van der Waals surface area contributed by atoms with Crippen molar-refractivity contribution in [3.63, 3.8) is 0 Å². The van der Waals surface area contributed by atoms with Crippen molar-refractivity contribution in [3.8, 4) is 23.0 Å². The van der Waals surface area contributed by atoms with E-state index in [-0.39, 0.29) is 47.8 Å². The van der Waals surface area contributed by atoms with Crippen LogP contribution in [0.25, 0.3) is 0 Å². The fraction of sp³-hybridized carbons (Fsp3) is 0.477. The molecule has 2 amide bonds. The Labute approximate surface area is 658 Å². The molecule has 25 heteroatoms. The van der Waals surface area contributed by atoms with Gasteiger partial charge < -0.3 is 73.5 Å². The van der Waals surface area contributed by atoms with Crippen molar-refractivity contribution in [3.05, 3.63) is 202 Å². The number of imide groups is 1. The number of likely N-dealkylation sites (tertiary alicyclic amines) is 3. The van der Waals surface area contributed by atoms with Crippen LogP contribution in [-0.4, -0.2) is 199 Å². The topological polar surface area (TPSA) is 298 Å². The van der Waals surface area contributed by atoms with Crippen molar-refractivity contribution in [2.45, 2.75) is 201 Å². The van der Waals surface area contributed by atoms with E-state index < -0.39 is 87.1 Å². The minimum absolute atomic E-state index is 0.0200.